The van der Waals surface area contributed by atoms with Gasteiger partial charge in [0.05, 0.1) is 17.3 Å². The molecule has 0 amide bonds. The van der Waals surface area contributed by atoms with Crippen molar-refractivity contribution in [1.82, 2.24) is 0 Å². The van der Waals surface area contributed by atoms with Gasteiger partial charge in [-0.1, -0.05) is 37.8 Å². The Hall–Kier alpha value is -0.410. The molecule has 1 saturated carbocycles. The molecule has 2 atom stereocenters. The van der Waals surface area contributed by atoms with Gasteiger partial charge in [0.25, 0.3) is 0 Å². The Kier molecular flexibility index (Phi) is 5.40. The van der Waals surface area contributed by atoms with Gasteiger partial charge in [-0.2, -0.15) is 0 Å². The SMILES string of the molecule is CCC1CCCCC1Nc1cc(Cl)cc(Br)c1OC. The lowest BCUT2D eigenvalue weighted by Gasteiger charge is -2.32. The predicted octanol–water partition coefficient (Wildman–Crippen LogP) is 5.49. The fourth-order valence-electron chi connectivity index (χ4n) is 2.96. The van der Waals surface area contributed by atoms with Gasteiger partial charge >= 0.3 is 0 Å². The molecule has 1 fully saturated rings. The first-order valence-electron chi connectivity index (χ1n) is 6.95. The fourth-order valence-corrected chi connectivity index (χ4v) is 3.93. The van der Waals surface area contributed by atoms with Gasteiger partial charge < -0.3 is 10.1 Å². The predicted molar refractivity (Wildman–Crippen MR) is 85.4 cm³/mol. The van der Waals surface area contributed by atoms with E-state index in [-0.39, 0.29) is 0 Å². The highest BCUT2D eigenvalue weighted by molar-refractivity contribution is 9.10. The number of hydrogen-bond acceptors (Lipinski definition) is 2. The van der Waals surface area contributed by atoms with Crippen molar-refractivity contribution in [2.24, 2.45) is 5.92 Å². The highest BCUT2D eigenvalue weighted by Crippen LogP contribution is 2.38. The first-order chi connectivity index (χ1) is 9.15. The number of benzene rings is 1. The molecule has 19 heavy (non-hydrogen) atoms. The van der Waals surface area contributed by atoms with E-state index in [2.05, 4.69) is 28.2 Å². The van der Waals surface area contributed by atoms with Crippen molar-refractivity contribution in [1.29, 1.82) is 0 Å². The second-order valence-corrected chi connectivity index (χ2v) is 6.46. The lowest BCUT2D eigenvalue weighted by atomic mass is 9.83. The molecule has 1 aromatic carbocycles. The fraction of sp³-hybridized carbons (Fsp3) is 0.600. The van der Waals surface area contributed by atoms with Gasteiger partial charge in [0.2, 0.25) is 0 Å². The smallest absolute Gasteiger partial charge is 0.156 e. The first-order valence-corrected chi connectivity index (χ1v) is 8.12. The lowest BCUT2D eigenvalue weighted by molar-refractivity contribution is 0.316. The Bertz CT molecular complexity index is 438. The van der Waals surface area contributed by atoms with E-state index in [9.17, 15) is 0 Å². The van der Waals surface area contributed by atoms with E-state index in [0.29, 0.717) is 6.04 Å². The van der Waals surface area contributed by atoms with Crippen LogP contribution in [-0.2, 0) is 0 Å². The maximum absolute atomic E-state index is 6.14. The Morgan fingerprint density at radius 2 is 2.11 bits per heavy atom. The number of halogens is 2. The minimum atomic E-state index is 0.526. The van der Waals surface area contributed by atoms with E-state index in [4.69, 9.17) is 16.3 Å². The number of ether oxygens (including phenoxy) is 1. The van der Waals surface area contributed by atoms with Crippen molar-refractivity contribution in [2.75, 3.05) is 12.4 Å². The van der Waals surface area contributed by atoms with Crippen molar-refractivity contribution < 1.29 is 4.74 Å². The summed E-state index contributed by atoms with van der Waals surface area (Å²) in [4.78, 5) is 0. The number of anilines is 1. The van der Waals surface area contributed by atoms with E-state index in [1.54, 1.807) is 7.11 Å². The first kappa shape index (κ1) is 15.0. The van der Waals surface area contributed by atoms with Gasteiger partial charge in [0.15, 0.2) is 5.75 Å². The third kappa shape index (κ3) is 3.57. The maximum Gasteiger partial charge on any atom is 0.156 e. The Morgan fingerprint density at radius 1 is 1.37 bits per heavy atom. The van der Waals surface area contributed by atoms with Crippen LogP contribution in [0.25, 0.3) is 0 Å². The molecule has 2 nitrogen and oxygen atoms in total. The molecule has 2 rings (SSSR count). The van der Waals surface area contributed by atoms with Crippen molar-refractivity contribution in [2.45, 2.75) is 45.1 Å². The summed E-state index contributed by atoms with van der Waals surface area (Å²) in [5, 5.41) is 4.36. The van der Waals surface area contributed by atoms with Crippen LogP contribution in [0, 0.1) is 5.92 Å². The van der Waals surface area contributed by atoms with E-state index in [0.717, 1.165) is 26.9 Å². The van der Waals surface area contributed by atoms with Gasteiger partial charge in [-0.15, -0.1) is 0 Å². The molecule has 0 spiro atoms. The zero-order valence-corrected chi connectivity index (χ0v) is 13.9. The number of methoxy groups -OCH3 is 1. The van der Waals surface area contributed by atoms with Crippen LogP contribution in [0.5, 0.6) is 5.75 Å². The molecule has 4 heteroatoms. The largest absolute Gasteiger partial charge is 0.493 e. The van der Waals surface area contributed by atoms with Gasteiger partial charge in [-0.25, -0.2) is 0 Å². The molecule has 0 radical (unpaired) electrons. The van der Waals surface area contributed by atoms with Crippen LogP contribution in [0.2, 0.25) is 5.02 Å². The molecule has 1 aromatic rings. The molecule has 1 aliphatic carbocycles. The molecule has 0 bridgehead atoms. The molecule has 0 saturated heterocycles. The molecule has 1 aliphatic rings. The zero-order chi connectivity index (χ0) is 13.8. The minimum absolute atomic E-state index is 0.526. The topological polar surface area (TPSA) is 21.3 Å². The van der Waals surface area contributed by atoms with Crippen LogP contribution < -0.4 is 10.1 Å². The quantitative estimate of drug-likeness (QED) is 0.778. The van der Waals surface area contributed by atoms with Gasteiger partial charge in [0.1, 0.15) is 0 Å². The van der Waals surface area contributed by atoms with Crippen LogP contribution >= 0.6 is 27.5 Å². The van der Waals surface area contributed by atoms with E-state index < -0.39 is 0 Å². The second-order valence-electron chi connectivity index (χ2n) is 5.17. The van der Waals surface area contributed by atoms with Crippen molar-refractivity contribution >= 4 is 33.2 Å². The molecule has 1 N–H and O–H groups in total. The zero-order valence-electron chi connectivity index (χ0n) is 11.5. The Morgan fingerprint density at radius 3 is 2.79 bits per heavy atom. The highest BCUT2D eigenvalue weighted by Gasteiger charge is 2.24. The molecule has 0 heterocycles. The number of rotatable bonds is 4. The van der Waals surface area contributed by atoms with Crippen LogP contribution in [-0.4, -0.2) is 13.2 Å². The number of nitrogens with one attached hydrogen (secondary N) is 1. The molecule has 0 aromatic heterocycles. The van der Waals surface area contributed by atoms with Crippen molar-refractivity contribution in [3.8, 4) is 5.75 Å². The summed E-state index contributed by atoms with van der Waals surface area (Å²) in [6.45, 7) is 2.27. The minimum Gasteiger partial charge on any atom is -0.493 e. The summed E-state index contributed by atoms with van der Waals surface area (Å²) < 4.78 is 6.37. The van der Waals surface area contributed by atoms with Crippen molar-refractivity contribution in [3.63, 3.8) is 0 Å². The van der Waals surface area contributed by atoms with Crippen LogP contribution in [0.15, 0.2) is 16.6 Å². The third-order valence-corrected chi connectivity index (χ3v) is 4.79. The Labute approximate surface area is 129 Å². The number of hydrogen-bond donors (Lipinski definition) is 1. The summed E-state index contributed by atoms with van der Waals surface area (Å²) in [5.74, 6) is 1.58. The van der Waals surface area contributed by atoms with E-state index >= 15 is 0 Å². The lowest BCUT2D eigenvalue weighted by Crippen LogP contribution is -2.31. The van der Waals surface area contributed by atoms with Crippen LogP contribution in [0.3, 0.4) is 0 Å². The Balaban J connectivity index is 2.21. The summed E-state index contributed by atoms with van der Waals surface area (Å²) in [7, 11) is 1.69. The molecule has 2 unspecified atom stereocenters. The van der Waals surface area contributed by atoms with E-state index in [1.165, 1.54) is 32.1 Å². The van der Waals surface area contributed by atoms with Gasteiger partial charge in [0, 0.05) is 11.1 Å². The average molecular weight is 347 g/mol. The molecule has 0 aliphatic heterocycles. The average Bonchev–Trinajstić information content (AvgIpc) is 2.39. The summed E-state index contributed by atoms with van der Waals surface area (Å²) >= 11 is 9.65. The molecule has 106 valence electrons. The summed E-state index contributed by atoms with van der Waals surface area (Å²) in [6, 6.07) is 4.34. The third-order valence-electron chi connectivity index (χ3n) is 3.99. The summed E-state index contributed by atoms with van der Waals surface area (Å²) in [6.07, 6.45) is 6.43. The van der Waals surface area contributed by atoms with Gasteiger partial charge in [-0.3, -0.25) is 0 Å². The standard InChI is InChI=1S/C15H21BrClNO/c1-3-10-6-4-5-7-13(10)18-14-9-11(17)8-12(16)15(14)19-2/h8-10,13,18H,3-7H2,1-2H3. The molecular weight excluding hydrogens is 326 g/mol. The van der Waals surface area contributed by atoms with Crippen LogP contribution in [0.4, 0.5) is 5.69 Å². The summed E-state index contributed by atoms with van der Waals surface area (Å²) in [5.41, 5.74) is 0.993. The maximum atomic E-state index is 6.14. The van der Waals surface area contributed by atoms with Gasteiger partial charge in [-0.05, 0) is 46.8 Å². The normalized spacial score (nSPS) is 23.2. The second kappa shape index (κ2) is 6.85. The monoisotopic (exact) mass is 345 g/mol. The highest BCUT2D eigenvalue weighted by atomic mass is 79.9. The van der Waals surface area contributed by atoms with Crippen LogP contribution in [0.1, 0.15) is 39.0 Å². The van der Waals surface area contributed by atoms with Crippen molar-refractivity contribution in [3.05, 3.63) is 21.6 Å². The van der Waals surface area contributed by atoms with E-state index in [1.807, 2.05) is 12.1 Å². The molecular formula is C15H21BrClNO.